The van der Waals surface area contributed by atoms with E-state index in [9.17, 15) is 4.39 Å². The molecule has 1 aliphatic carbocycles. The van der Waals surface area contributed by atoms with Gasteiger partial charge in [-0.3, -0.25) is 0 Å². The molecule has 0 amide bonds. The fraction of sp³-hybridized carbons (Fsp3) is 0.522. The number of rotatable bonds is 8. The third-order valence-corrected chi connectivity index (χ3v) is 5.47. The Bertz CT molecular complexity index is 828. The second kappa shape index (κ2) is 9.31. The van der Waals surface area contributed by atoms with Crippen molar-refractivity contribution < 1.29 is 9.13 Å². The first kappa shape index (κ1) is 21.8. The first-order valence-electron chi connectivity index (χ1n) is 10.3. The van der Waals surface area contributed by atoms with Crippen LogP contribution in [0.25, 0.3) is 11.1 Å². The predicted molar refractivity (Wildman–Crippen MR) is 118 cm³/mol. The Morgan fingerprint density at radius 1 is 1.28 bits per heavy atom. The Morgan fingerprint density at radius 3 is 2.69 bits per heavy atom. The molecule has 29 heavy (non-hydrogen) atoms. The van der Waals surface area contributed by atoms with Crippen LogP contribution in [-0.4, -0.2) is 29.3 Å². The van der Waals surface area contributed by atoms with Crippen molar-refractivity contribution >= 4 is 17.4 Å². The summed E-state index contributed by atoms with van der Waals surface area (Å²) in [7, 11) is 0. The van der Waals surface area contributed by atoms with Gasteiger partial charge in [0.25, 0.3) is 0 Å². The van der Waals surface area contributed by atoms with Crippen molar-refractivity contribution in [3.8, 4) is 16.9 Å². The molecule has 0 aliphatic heterocycles. The van der Waals surface area contributed by atoms with Crippen molar-refractivity contribution in [1.29, 1.82) is 0 Å². The number of ether oxygens (including phenoxy) is 1. The number of hydrogen-bond acceptors (Lipinski definition) is 4. The second-order valence-electron chi connectivity index (χ2n) is 8.87. The predicted octanol–water partition coefficient (Wildman–Crippen LogP) is 5.85. The van der Waals surface area contributed by atoms with E-state index in [1.165, 1.54) is 0 Å². The molecule has 1 aromatic heterocycles. The highest BCUT2D eigenvalue weighted by Crippen LogP contribution is 2.32. The lowest BCUT2D eigenvalue weighted by Crippen LogP contribution is -2.43. The molecule has 1 aliphatic rings. The van der Waals surface area contributed by atoms with Gasteiger partial charge in [0.2, 0.25) is 0 Å². The molecule has 3 unspecified atom stereocenters. The highest BCUT2D eigenvalue weighted by molar-refractivity contribution is 6.32. The molecule has 6 heteroatoms. The zero-order chi connectivity index (χ0) is 21.0. The van der Waals surface area contributed by atoms with Crippen LogP contribution in [0.15, 0.2) is 36.5 Å². The summed E-state index contributed by atoms with van der Waals surface area (Å²) in [5, 5.41) is 3.88. The number of halogens is 2. The van der Waals surface area contributed by atoms with Crippen LogP contribution in [0.5, 0.6) is 5.75 Å². The molecule has 0 saturated heterocycles. The van der Waals surface area contributed by atoms with Gasteiger partial charge in [-0.2, -0.15) is 0 Å². The van der Waals surface area contributed by atoms with E-state index in [1.54, 1.807) is 6.20 Å². The summed E-state index contributed by atoms with van der Waals surface area (Å²) in [5.74, 6) is 1.88. The van der Waals surface area contributed by atoms with Crippen LogP contribution < -0.4 is 15.8 Å². The lowest BCUT2D eigenvalue weighted by Gasteiger charge is -2.26. The van der Waals surface area contributed by atoms with Crippen molar-refractivity contribution in [1.82, 2.24) is 4.98 Å². The van der Waals surface area contributed by atoms with Gasteiger partial charge in [0.05, 0.1) is 5.02 Å². The highest BCUT2D eigenvalue weighted by atomic mass is 35.5. The number of hydrogen-bond donors (Lipinski definition) is 2. The molecule has 158 valence electrons. The van der Waals surface area contributed by atoms with E-state index in [1.807, 2.05) is 37.3 Å². The van der Waals surface area contributed by atoms with Crippen molar-refractivity contribution in [3.63, 3.8) is 0 Å². The van der Waals surface area contributed by atoms with Gasteiger partial charge in [-0.1, -0.05) is 31.5 Å². The molecule has 3 N–H and O–H groups in total. The Labute approximate surface area is 178 Å². The fourth-order valence-corrected chi connectivity index (χ4v) is 4.22. The standard InChI is InChI=1S/C23H31ClFN3O/c1-15(2)13-23(3,26)14-29-21-7-4-16(10-20(21)24)17-8-9-27-22(11-17)28-19-6-5-18(25)12-19/h4,7-11,15,18-19H,5-6,12-14,26H2,1-3H3,(H,27,28). The summed E-state index contributed by atoms with van der Waals surface area (Å²) >= 11 is 6.47. The smallest absolute Gasteiger partial charge is 0.138 e. The topological polar surface area (TPSA) is 60.2 Å². The fourth-order valence-electron chi connectivity index (χ4n) is 3.99. The summed E-state index contributed by atoms with van der Waals surface area (Å²) in [4.78, 5) is 4.37. The molecule has 0 bridgehead atoms. The molecule has 1 fully saturated rings. The number of pyridine rings is 1. The third kappa shape index (κ3) is 6.31. The number of nitrogens with two attached hydrogens (primary N) is 1. The Kier molecular flexibility index (Phi) is 7.01. The number of benzene rings is 1. The maximum Gasteiger partial charge on any atom is 0.138 e. The van der Waals surface area contributed by atoms with Crippen LogP contribution in [-0.2, 0) is 0 Å². The zero-order valence-electron chi connectivity index (χ0n) is 17.4. The maximum absolute atomic E-state index is 13.4. The minimum absolute atomic E-state index is 0.142. The quantitative estimate of drug-likeness (QED) is 0.563. The average Bonchev–Trinajstić information content (AvgIpc) is 3.04. The minimum Gasteiger partial charge on any atom is -0.490 e. The SMILES string of the molecule is CC(C)CC(C)(N)COc1ccc(-c2ccnc(NC3CCC(F)C3)c2)cc1Cl. The van der Waals surface area contributed by atoms with E-state index >= 15 is 0 Å². The van der Waals surface area contributed by atoms with Crippen LogP contribution in [0.4, 0.5) is 10.2 Å². The van der Waals surface area contributed by atoms with Crippen LogP contribution in [0.2, 0.25) is 5.02 Å². The van der Waals surface area contributed by atoms with E-state index < -0.39 is 11.7 Å². The average molecular weight is 420 g/mol. The summed E-state index contributed by atoms with van der Waals surface area (Å²) in [6.45, 7) is 6.70. The normalized spacial score (nSPS) is 21.2. The first-order chi connectivity index (χ1) is 13.7. The molecule has 0 radical (unpaired) electrons. The van der Waals surface area contributed by atoms with Crippen LogP contribution in [0.3, 0.4) is 0 Å². The number of anilines is 1. The molecular weight excluding hydrogens is 389 g/mol. The van der Waals surface area contributed by atoms with E-state index in [0.29, 0.717) is 36.1 Å². The van der Waals surface area contributed by atoms with Crippen molar-refractivity contribution in [2.24, 2.45) is 11.7 Å². The summed E-state index contributed by atoms with van der Waals surface area (Å²) in [6, 6.07) is 9.79. The van der Waals surface area contributed by atoms with Crippen molar-refractivity contribution in [3.05, 3.63) is 41.6 Å². The monoisotopic (exact) mass is 419 g/mol. The van der Waals surface area contributed by atoms with Gasteiger partial charge >= 0.3 is 0 Å². The minimum atomic E-state index is -0.710. The Hall–Kier alpha value is -1.85. The van der Waals surface area contributed by atoms with Gasteiger partial charge in [0.15, 0.2) is 0 Å². The third-order valence-electron chi connectivity index (χ3n) is 5.18. The van der Waals surface area contributed by atoms with Gasteiger partial charge in [-0.05, 0) is 73.9 Å². The molecule has 2 aromatic rings. The molecule has 1 heterocycles. The number of alkyl halides is 1. The molecular formula is C23H31ClFN3O. The molecule has 3 atom stereocenters. The maximum atomic E-state index is 13.4. The molecule has 1 aromatic carbocycles. The van der Waals surface area contributed by atoms with Crippen LogP contribution in [0.1, 0.15) is 46.5 Å². The first-order valence-corrected chi connectivity index (χ1v) is 10.7. The van der Waals surface area contributed by atoms with Gasteiger partial charge in [0, 0.05) is 17.8 Å². The number of aromatic nitrogens is 1. The van der Waals surface area contributed by atoms with Gasteiger partial charge in [-0.15, -0.1) is 0 Å². The van der Waals surface area contributed by atoms with Crippen molar-refractivity contribution in [2.75, 3.05) is 11.9 Å². The van der Waals surface area contributed by atoms with Crippen LogP contribution >= 0.6 is 11.6 Å². The van der Waals surface area contributed by atoms with Gasteiger partial charge in [-0.25, -0.2) is 9.37 Å². The molecule has 3 rings (SSSR count). The highest BCUT2D eigenvalue weighted by Gasteiger charge is 2.24. The summed E-state index contributed by atoms with van der Waals surface area (Å²) in [5.41, 5.74) is 7.89. The summed E-state index contributed by atoms with van der Waals surface area (Å²) in [6.07, 6.45) is 3.91. The van der Waals surface area contributed by atoms with Gasteiger partial charge in [0.1, 0.15) is 24.3 Å². The van der Waals surface area contributed by atoms with Gasteiger partial charge < -0.3 is 15.8 Å². The number of nitrogens with zero attached hydrogens (tertiary/aromatic N) is 1. The van der Waals surface area contributed by atoms with Crippen LogP contribution in [0, 0.1) is 5.92 Å². The summed E-state index contributed by atoms with van der Waals surface area (Å²) < 4.78 is 19.3. The Morgan fingerprint density at radius 2 is 2.03 bits per heavy atom. The molecule has 0 spiro atoms. The van der Waals surface area contributed by atoms with E-state index in [-0.39, 0.29) is 6.04 Å². The Balaban J connectivity index is 1.67. The van der Waals surface area contributed by atoms with Crippen molar-refractivity contribution in [2.45, 2.75) is 64.2 Å². The lowest BCUT2D eigenvalue weighted by atomic mass is 9.93. The number of nitrogens with one attached hydrogen (secondary N) is 1. The van der Waals surface area contributed by atoms with E-state index in [4.69, 9.17) is 22.1 Å². The second-order valence-corrected chi connectivity index (χ2v) is 9.27. The lowest BCUT2D eigenvalue weighted by molar-refractivity contribution is 0.207. The zero-order valence-corrected chi connectivity index (χ0v) is 18.2. The largest absolute Gasteiger partial charge is 0.490 e. The van der Waals surface area contributed by atoms with E-state index in [2.05, 4.69) is 24.1 Å². The van der Waals surface area contributed by atoms with E-state index in [0.717, 1.165) is 29.8 Å². The molecule has 4 nitrogen and oxygen atoms in total. The molecule has 1 saturated carbocycles.